The summed E-state index contributed by atoms with van der Waals surface area (Å²) < 4.78 is 18.1. The van der Waals surface area contributed by atoms with Crippen LogP contribution in [0.4, 0.5) is 4.79 Å². The van der Waals surface area contributed by atoms with E-state index in [2.05, 4.69) is 12.2 Å². The van der Waals surface area contributed by atoms with Gasteiger partial charge in [-0.05, 0) is 72.5 Å². The molecule has 0 saturated carbocycles. The van der Waals surface area contributed by atoms with Crippen molar-refractivity contribution in [3.63, 3.8) is 0 Å². The van der Waals surface area contributed by atoms with Crippen molar-refractivity contribution in [2.45, 2.75) is 78.1 Å². The number of ether oxygens (including phenoxy) is 1. The standard InChI is InChI=1S/C20H30BNO4/c1-18(2,3)24-17(23)22-12-14-10-8-9-11-15(14)16(13-22)21-25-19(4,5)20(6,7)26-21/h8,10,13H,9,11-12H2,1-7H3. The first-order valence-electron chi connectivity index (χ1n) is 9.35. The fourth-order valence-electron chi connectivity index (χ4n) is 3.28. The first-order valence-corrected chi connectivity index (χ1v) is 9.35. The van der Waals surface area contributed by atoms with Crippen molar-refractivity contribution in [1.29, 1.82) is 0 Å². The van der Waals surface area contributed by atoms with E-state index in [1.54, 1.807) is 4.90 Å². The maximum atomic E-state index is 12.6. The van der Waals surface area contributed by atoms with Crippen LogP contribution in [0.5, 0.6) is 0 Å². The van der Waals surface area contributed by atoms with E-state index in [-0.39, 0.29) is 6.09 Å². The molecule has 0 spiro atoms. The van der Waals surface area contributed by atoms with E-state index < -0.39 is 23.9 Å². The van der Waals surface area contributed by atoms with E-state index in [0.29, 0.717) is 6.54 Å². The number of nitrogens with zero attached hydrogens (tertiary/aromatic N) is 1. The Morgan fingerprint density at radius 2 is 1.81 bits per heavy atom. The van der Waals surface area contributed by atoms with Gasteiger partial charge in [0.15, 0.2) is 0 Å². The highest BCUT2D eigenvalue weighted by Crippen LogP contribution is 2.42. The van der Waals surface area contributed by atoms with E-state index in [0.717, 1.165) is 23.9 Å². The molecule has 0 bridgehead atoms. The molecule has 142 valence electrons. The zero-order valence-corrected chi connectivity index (χ0v) is 17.0. The van der Waals surface area contributed by atoms with E-state index >= 15 is 0 Å². The van der Waals surface area contributed by atoms with Crippen LogP contribution in [0.1, 0.15) is 61.3 Å². The molecular formula is C20H30BNO4. The fourth-order valence-corrected chi connectivity index (χ4v) is 3.28. The van der Waals surface area contributed by atoms with Crippen LogP contribution in [0.2, 0.25) is 0 Å². The summed E-state index contributed by atoms with van der Waals surface area (Å²) >= 11 is 0. The summed E-state index contributed by atoms with van der Waals surface area (Å²) in [6.45, 7) is 14.3. The molecule has 3 rings (SSSR count). The minimum Gasteiger partial charge on any atom is -0.443 e. The first kappa shape index (κ1) is 19.2. The molecule has 5 nitrogen and oxygen atoms in total. The third-order valence-electron chi connectivity index (χ3n) is 5.39. The zero-order valence-electron chi connectivity index (χ0n) is 17.0. The molecule has 6 heteroatoms. The lowest BCUT2D eigenvalue weighted by molar-refractivity contribution is 0.00578. The second-order valence-electron chi connectivity index (χ2n) is 9.23. The van der Waals surface area contributed by atoms with Crippen LogP contribution < -0.4 is 0 Å². The third-order valence-corrected chi connectivity index (χ3v) is 5.39. The maximum absolute atomic E-state index is 12.6. The Morgan fingerprint density at radius 3 is 2.38 bits per heavy atom. The van der Waals surface area contributed by atoms with Gasteiger partial charge >= 0.3 is 13.2 Å². The van der Waals surface area contributed by atoms with Gasteiger partial charge in [-0.3, -0.25) is 4.90 Å². The summed E-state index contributed by atoms with van der Waals surface area (Å²) in [7, 11) is -0.485. The van der Waals surface area contributed by atoms with Crippen molar-refractivity contribution in [2.75, 3.05) is 6.54 Å². The zero-order chi connectivity index (χ0) is 19.3. The summed E-state index contributed by atoms with van der Waals surface area (Å²) in [6.07, 6.45) is 7.69. The van der Waals surface area contributed by atoms with Gasteiger partial charge in [0.1, 0.15) is 5.60 Å². The SMILES string of the molecule is CC(C)(C)OC(=O)N1C=C(B2OC(C)(C)C(C)(C)O2)C2=C(C=CCC2)C1. The first-order chi connectivity index (χ1) is 11.9. The number of carbonyl (C=O) groups excluding carboxylic acids is 1. The quantitative estimate of drug-likeness (QED) is 0.651. The van der Waals surface area contributed by atoms with Gasteiger partial charge in [-0.2, -0.15) is 0 Å². The fraction of sp³-hybridized carbons (Fsp3) is 0.650. The highest BCUT2D eigenvalue weighted by molar-refractivity contribution is 6.56. The van der Waals surface area contributed by atoms with Crippen molar-refractivity contribution in [3.8, 4) is 0 Å². The van der Waals surface area contributed by atoms with Gasteiger partial charge in [-0.1, -0.05) is 12.2 Å². The monoisotopic (exact) mass is 359 g/mol. The second-order valence-corrected chi connectivity index (χ2v) is 9.23. The molecule has 0 aromatic carbocycles. The molecule has 0 unspecified atom stereocenters. The number of carbonyl (C=O) groups is 1. The number of hydrogen-bond acceptors (Lipinski definition) is 4. The molecule has 0 aromatic heterocycles. The van der Waals surface area contributed by atoms with Crippen molar-refractivity contribution in [2.24, 2.45) is 0 Å². The Kier molecular flexibility index (Phi) is 4.64. The Hall–Kier alpha value is -1.53. The molecule has 3 aliphatic rings. The topological polar surface area (TPSA) is 48.0 Å². The van der Waals surface area contributed by atoms with Crippen LogP contribution in [0, 0.1) is 0 Å². The van der Waals surface area contributed by atoms with Crippen molar-refractivity contribution in [3.05, 3.63) is 35.0 Å². The molecule has 2 heterocycles. The second kappa shape index (κ2) is 6.27. The molecule has 1 saturated heterocycles. The molecule has 0 radical (unpaired) electrons. The van der Waals surface area contributed by atoms with Crippen LogP contribution in [0.15, 0.2) is 35.0 Å². The lowest BCUT2D eigenvalue weighted by Crippen LogP contribution is -2.41. The van der Waals surface area contributed by atoms with E-state index in [1.807, 2.05) is 54.7 Å². The number of rotatable bonds is 1. The predicted molar refractivity (Wildman–Crippen MR) is 103 cm³/mol. The van der Waals surface area contributed by atoms with Gasteiger partial charge in [-0.15, -0.1) is 0 Å². The van der Waals surface area contributed by atoms with Gasteiger partial charge < -0.3 is 14.0 Å². The number of amides is 1. The Labute approximate surface area is 157 Å². The molecule has 2 aliphatic heterocycles. The Morgan fingerprint density at radius 1 is 1.19 bits per heavy atom. The summed E-state index contributed by atoms with van der Waals surface area (Å²) in [4.78, 5) is 14.3. The van der Waals surface area contributed by atoms with Crippen LogP contribution in [-0.4, -0.2) is 41.5 Å². The minimum absolute atomic E-state index is 0.350. The number of hydrogen-bond donors (Lipinski definition) is 0. The van der Waals surface area contributed by atoms with Crippen molar-refractivity contribution in [1.82, 2.24) is 4.90 Å². The Balaban J connectivity index is 1.93. The van der Waals surface area contributed by atoms with Gasteiger partial charge in [-0.25, -0.2) is 4.79 Å². The van der Waals surface area contributed by atoms with Crippen molar-refractivity contribution >= 4 is 13.2 Å². The van der Waals surface area contributed by atoms with Crippen LogP contribution in [0.3, 0.4) is 0 Å². The lowest BCUT2D eigenvalue weighted by Gasteiger charge is -2.32. The lowest BCUT2D eigenvalue weighted by atomic mass is 9.69. The molecule has 0 atom stereocenters. The summed E-state index contributed by atoms with van der Waals surface area (Å²) in [5.74, 6) is 0. The predicted octanol–water partition coefficient (Wildman–Crippen LogP) is 4.40. The van der Waals surface area contributed by atoms with E-state index in [9.17, 15) is 4.79 Å². The average molecular weight is 359 g/mol. The maximum Gasteiger partial charge on any atom is 0.496 e. The molecule has 1 amide bonds. The molecule has 1 aliphatic carbocycles. The van der Waals surface area contributed by atoms with Gasteiger partial charge in [0.25, 0.3) is 0 Å². The largest absolute Gasteiger partial charge is 0.496 e. The average Bonchev–Trinajstić information content (AvgIpc) is 2.72. The highest BCUT2D eigenvalue weighted by atomic mass is 16.7. The van der Waals surface area contributed by atoms with E-state index in [1.165, 1.54) is 5.57 Å². The number of allylic oxidation sites excluding steroid dienone is 3. The van der Waals surface area contributed by atoms with Gasteiger partial charge in [0.05, 0.1) is 17.7 Å². The Bertz CT molecular complexity index is 681. The normalized spacial score (nSPS) is 24.5. The van der Waals surface area contributed by atoms with Crippen LogP contribution in [0.25, 0.3) is 0 Å². The van der Waals surface area contributed by atoms with Gasteiger partial charge in [0.2, 0.25) is 0 Å². The summed E-state index contributed by atoms with van der Waals surface area (Å²) in [6, 6.07) is 0. The molecule has 0 N–H and O–H groups in total. The minimum atomic E-state index is -0.535. The van der Waals surface area contributed by atoms with E-state index in [4.69, 9.17) is 14.0 Å². The smallest absolute Gasteiger partial charge is 0.443 e. The highest BCUT2D eigenvalue weighted by Gasteiger charge is 2.53. The van der Waals surface area contributed by atoms with Crippen LogP contribution in [-0.2, 0) is 14.0 Å². The van der Waals surface area contributed by atoms with Gasteiger partial charge in [0, 0.05) is 11.7 Å². The molecule has 26 heavy (non-hydrogen) atoms. The summed E-state index contributed by atoms with van der Waals surface area (Å²) in [5.41, 5.74) is 1.92. The van der Waals surface area contributed by atoms with Crippen molar-refractivity contribution < 1.29 is 18.8 Å². The molecule has 0 aromatic rings. The molecule has 1 fully saturated rings. The third kappa shape index (κ3) is 3.62. The summed E-state index contributed by atoms with van der Waals surface area (Å²) in [5, 5.41) is 0. The van der Waals surface area contributed by atoms with Crippen LogP contribution >= 0.6 is 0 Å². The molecular weight excluding hydrogens is 329 g/mol.